The third kappa shape index (κ3) is 5.69. The number of anilines is 2. The minimum absolute atomic E-state index is 0.0940. The SMILES string of the molecule is Cc1nc(SCC(=O)Nc2ccc(N3CCOCC3)cc2)sc1CC(N)=O. The highest BCUT2D eigenvalue weighted by atomic mass is 32.2. The highest BCUT2D eigenvalue weighted by Gasteiger charge is 2.13. The molecule has 0 radical (unpaired) electrons. The van der Waals surface area contributed by atoms with Crippen molar-refractivity contribution in [3.8, 4) is 0 Å². The number of amides is 2. The summed E-state index contributed by atoms with van der Waals surface area (Å²) in [6.07, 6.45) is 0.186. The molecule has 0 atom stereocenters. The van der Waals surface area contributed by atoms with E-state index in [2.05, 4.69) is 15.2 Å². The van der Waals surface area contributed by atoms with E-state index in [1.807, 2.05) is 31.2 Å². The molecule has 1 fully saturated rings. The Balaban J connectivity index is 1.49. The summed E-state index contributed by atoms with van der Waals surface area (Å²) in [6, 6.07) is 7.83. The van der Waals surface area contributed by atoms with Crippen molar-refractivity contribution in [2.24, 2.45) is 5.73 Å². The molecular weight excluding hydrogens is 384 g/mol. The Morgan fingerprint density at radius 2 is 2.00 bits per heavy atom. The largest absolute Gasteiger partial charge is 0.378 e. The van der Waals surface area contributed by atoms with E-state index >= 15 is 0 Å². The zero-order chi connectivity index (χ0) is 19.2. The van der Waals surface area contributed by atoms with Crippen molar-refractivity contribution in [1.29, 1.82) is 0 Å². The Kier molecular flexibility index (Phi) is 6.70. The summed E-state index contributed by atoms with van der Waals surface area (Å²) >= 11 is 2.77. The normalized spacial score (nSPS) is 14.2. The van der Waals surface area contributed by atoms with E-state index in [4.69, 9.17) is 10.5 Å². The van der Waals surface area contributed by atoms with E-state index in [9.17, 15) is 9.59 Å². The van der Waals surface area contributed by atoms with Crippen molar-refractivity contribution in [3.63, 3.8) is 0 Å². The van der Waals surface area contributed by atoms with Gasteiger partial charge >= 0.3 is 0 Å². The van der Waals surface area contributed by atoms with Crippen molar-refractivity contribution >= 4 is 46.3 Å². The maximum absolute atomic E-state index is 12.2. The van der Waals surface area contributed by atoms with Crippen LogP contribution in [0.3, 0.4) is 0 Å². The van der Waals surface area contributed by atoms with Gasteiger partial charge in [-0.2, -0.15) is 0 Å². The summed E-state index contributed by atoms with van der Waals surface area (Å²) < 4.78 is 6.13. The maximum Gasteiger partial charge on any atom is 0.234 e. The van der Waals surface area contributed by atoms with Gasteiger partial charge in [-0.05, 0) is 31.2 Å². The molecule has 3 rings (SSSR count). The standard InChI is InChI=1S/C18H22N4O3S2/c1-12-15(10-16(19)23)27-18(20-12)26-11-17(24)21-13-2-4-14(5-3-13)22-6-8-25-9-7-22/h2-5H,6-11H2,1H3,(H2,19,23)(H,21,24). The molecular formula is C18H22N4O3S2. The monoisotopic (exact) mass is 406 g/mol. The fraction of sp³-hybridized carbons (Fsp3) is 0.389. The average Bonchev–Trinajstić information content (AvgIpc) is 3.00. The number of ether oxygens (including phenoxy) is 1. The number of aromatic nitrogens is 1. The van der Waals surface area contributed by atoms with Crippen LogP contribution in [-0.2, 0) is 20.7 Å². The summed E-state index contributed by atoms with van der Waals surface area (Å²) in [6.45, 7) is 5.09. The van der Waals surface area contributed by atoms with E-state index < -0.39 is 0 Å². The number of primary amides is 1. The second-order valence-corrected chi connectivity index (χ2v) is 8.42. The molecule has 0 saturated carbocycles. The third-order valence-electron chi connectivity index (χ3n) is 4.06. The Bertz CT molecular complexity index is 801. The number of carbonyl (C=O) groups is 2. The fourth-order valence-corrected chi connectivity index (χ4v) is 4.73. The van der Waals surface area contributed by atoms with Crippen LogP contribution in [0.15, 0.2) is 28.6 Å². The highest BCUT2D eigenvalue weighted by Crippen LogP contribution is 2.27. The van der Waals surface area contributed by atoms with Crippen molar-refractivity contribution in [2.75, 3.05) is 42.3 Å². The molecule has 7 nitrogen and oxygen atoms in total. The lowest BCUT2D eigenvalue weighted by atomic mass is 10.2. The number of nitrogens with two attached hydrogens (primary N) is 1. The van der Waals surface area contributed by atoms with Crippen LogP contribution in [0.25, 0.3) is 0 Å². The lowest BCUT2D eigenvalue weighted by Gasteiger charge is -2.28. The number of carbonyl (C=O) groups excluding carboxylic acids is 2. The first-order valence-corrected chi connectivity index (χ1v) is 10.4. The average molecular weight is 407 g/mol. The molecule has 1 aromatic carbocycles. The molecule has 27 heavy (non-hydrogen) atoms. The van der Waals surface area contributed by atoms with Crippen LogP contribution in [0.2, 0.25) is 0 Å². The van der Waals surface area contributed by atoms with E-state index in [1.54, 1.807) is 0 Å². The molecule has 9 heteroatoms. The molecule has 1 aliphatic heterocycles. The quantitative estimate of drug-likeness (QED) is 0.683. The van der Waals surface area contributed by atoms with Gasteiger partial charge in [0.1, 0.15) is 0 Å². The van der Waals surface area contributed by atoms with Crippen LogP contribution < -0.4 is 16.0 Å². The molecule has 0 spiro atoms. The summed E-state index contributed by atoms with van der Waals surface area (Å²) in [4.78, 5) is 30.7. The molecule has 1 aromatic heterocycles. The van der Waals surface area contributed by atoms with Gasteiger partial charge in [-0.25, -0.2) is 4.98 Å². The van der Waals surface area contributed by atoms with E-state index in [0.29, 0.717) is 0 Å². The molecule has 1 saturated heterocycles. The summed E-state index contributed by atoms with van der Waals surface area (Å²) in [7, 11) is 0. The zero-order valence-electron chi connectivity index (χ0n) is 15.1. The third-order valence-corrected chi connectivity index (χ3v) is 6.36. The molecule has 2 heterocycles. The van der Waals surface area contributed by atoms with Crippen LogP contribution in [0, 0.1) is 6.92 Å². The van der Waals surface area contributed by atoms with Crippen LogP contribution >= 0.6 is 23.1 Å². The number of morpholine rings is 1. The van der Waals surface area contributed by atoms with Gasteiger partial charge in [0.15, 0.2) is 4.34 Å². The maximum atomic E-state index is 12.2. The Labute approximate surface area is 166 Å². The molecule has 0 unspecified atom stereocenters. The molecule has 1 aliphatic rings. The number of rotatable bonds is 7. The van der Waals surface area contributed by atoms with Gasteiger partial charge < -0.3 is 20.7 Å². The van der Waals surface area contributed by atoms with Crippen molar-refractivity contribution in [3.05, 3.63) is 34.8 Å². The van der Waals surface area contributed by atoms with Crippen LogP contribution in [0.5, 0.6) is 0 Å². The van der Waals surface area contributed by atoms with E-state index in [-0.39, 0.29) is 24.0 Å². The van der Waals surface area contributed by atoms with Gasteiger partial charge in [-0.3, -0.25) is 9.59 Å². The lowest BCUT2D eigenvalue weighted by molar-refractivity contribution is -0.117. The fourth-order valence-electron chi connectivity index (χ4n) is 2.69. The van der Waals surface area contributed by atoms with Gasteiger partial charge in [-0.1, -0.05) is 11.8 Å². The number of hydrogen-bond donors (Lipinski definition) is 2. The number of thiazole rings is 1. The number of nitrogens with one attached hydrogen (secondary N) is 1. The van der Waals surface area contributed by atoms with E-state index in [0.717, 1.165) is 52.6 Å². The minimum atomic E-state index is -0.378. The minimum Gasteiger partial charge on any atom is -0.378 e. The van der Waals surface area contributed by atoms with Gasteiger partial charge in [0, 0.05) is 29.3 Å². The number of nitrogens with zero attached hydrogens (tertiary/aromatic N) is 2. The van der Waals surface area contributed by atoms with E-state index in [1.165, 1.54) is 23.1 Å². The Morgan fingerprint density at radius 3 is 2.67 bits per heavy atom. The number of benzene rings is 1. The number of thioether (sulfide) groups is 1. The summed E-state index contributed by atoms with van der Waals surface area (Å²) in [5.74, 6) is -0.214. The van der Waals surface area contributed by atoms with Crippen LogP contribution in [0.1, 0.15) is 10.6 Å². The molecule has 144 valence electrons. The summed E-state index contributed by atoms with van der Waals surface area (Å²) in [5, 5.41) is 2.90. The highest BCUT2D eigenvalue weighted by molar-refractivity contribution is 8.01. The zero-order valence-corrected chi connectivity index (χ0v) is 16.7. The Morgan fingerprint density at radius 1 is 1.30 bits per heavy atom. The van der Waals surface area contributed by atoms with Crippen LogP contribution in [0.4, 0.5) is 11.4 Å². The molecule has 0 bridgehead atoms. The van der Waals surface area contributed by atoms with Gasteiger partial charge in [0.25, 0.3) is 0 Å². The second kappa shape index (κ2) is 9.20. The topological polar surface area (TPSA) is 97.6 Å². The predicted octanol–water partition coefficient (Wildman–Crippen LogP) is 2.05. The predicted molar refractivity (Wildman–Crippen MR) is 109 cm³/mol. The van der Waals surface area contributed by atoms with Gasteiger partial charge in [0.05, 0.1) is 31.1 Å². The smallest absolute Gasteiger partial charge is 0.234 e. The molecule has 2 amide bonds. The Hall–Kier alpha value is -2.10. The van der Waals surface area contributed by atoms with Crippen molar-refractivity contribution in [1.82, 2.24) is 4.98 Å². The molecule has 3 N–H and O–H groups in total. The van der Waals surface area contributed by atoms with Gasteiger partial charge in [-0.15, -0.1) is 11.3 Å². The number of aryl methyl sites for hydroxylation is 1. The van der Waals surface area contributed by atoms with Crippen LogP contribution in [-0.4, -0.2) is 48.9 Å². The van der Waals surface area contributed by atoms with Crippen molar-refractivity contribution in [2.45, 2.75) is 17.7 Å². The first-order chi connectivity index (χ1) is 13.0. The molecule has 2 aromatic rings. The summed E-state index contributed by atoms with van der Waals surface area (Å²) in [5.41, 5.74) is 7.92. The lowest BCUT2D eigenvalue weighted by Crippen LogP contribution is -2.36. The number of hydrogen-bond acceptors (Lipinski definition) is 7. The first kappa shape index (κ1) is 19.7. The second-order valence-electron chi connectivity index (χ2n) is 6.11. The molecule has 0 aliphatic carbocycles. The van der Waals surface area contributed by atoms with Crippen molar-refractivity contribution < 1.29 is 14.3 Å². The first-order valence-electron chi connectivity index (χ1n) is 8.61. The van der Waals surface area contributed by atoms with Gasteiger partial charge in [0.2, 0.25) is 11.8 Å².